The van der Waals surface area contributed by atoms with Crippen LogP contribution in [0.4, 0.5) is 0 Å². The van der Waals surface area contributed by atoms with Crippen molar-refractivity contribution in [1.29, 1.82) is 0 Å². The second-order valence-electron chi connectivity index (χ2n) is 6.39. The second kappa shape index (κ2) is 10.5. The first-order valence-electron chi connectivity index (χ1n) is 8.35. The normalized spacial score (nSPS) is 21.9. The van der Waals surface area contributed by atoms with Crippen LogP contribution in [-0.2, 0) is 20.9 Å². The van der Waals surface area contributed by atoms with Gasteiger partial charge in [-0.25, -0.2) is 9.59 Å². The Labute approximate surface area is 152 Å². The van der Waals surface area contributed by atoms with Crippen molar-refractivity contribution in [3.63, 3.8) is 0 Å². The Morgan fingerprint density at radius 1 is 1.08 bits per heavy atom. The van der Waals surface area contributed by atoms with Gasteiger partial charge in [-0.05, 0) is 24.8 Å². The molecule has 144 valence electrons. The third-order valence-electron chi connectivity index (χ3n) is 4.20. The number of benzene rings is 1. The van der Waals surface area contributed by atoms with Gasteiger partial charge in [0.2, 0.25) is 5.91 Å². The maximum atomic E-state index is 12.0. The standard InChI is InChI=1S/C16H24N2O2.C2H2O4/c1-18(2)16(20)13-8-9-15(19)14(10-13)17-11-12-6-4-3-5-7-12;3-1(4)2(5)6/h3-7,13-15,17,19H,8-11H2,1-2H3;(H,3,4)(H,5,6)/t13-,14+,15+;/m0./s1. The zero-order valence-electron chi connectivity index (χ0n) is 15.0. The first kappa shape index (κ1) is 21.6. The molecule has 1 saturated carbocycles. The monoisotopic (exact) mass is 366 g/mol. The lowest BCUT2D eigenvalue weighted by atomic mass is 9.83. The Bertz CT molecular complexity index is 593. The van der Waals surface area contributed by atoms with E-state index in [0.717, 1.165) is 13.0 Å². The lowest BCUT2D eigenvalue weighted by Gasteiger charge is -2.34. The molecule has 0 heterocycles. The number of hydrogen-bond donors (Lipinski definition) is 4. The molecule has 26 heavy (non-hydrogen) atoms. The van der Waals surface area contributed by atoms with Crippen molar-refractivity contribution in [1.82, 2.24) is 10.2 Å². The molecule has 0 aromatic heterocycles. The number of carboxylic acids is 2. The van der Waals surface area contributed by atoms with Crippen LogP contribution in [0.2, 0.25) is 0 Å². The van der Waals surface area contributed by atoms with E-state index in [9.17, 15) is 9.90 Å². The van der Waals surface area contributed by atoms with Crippen molar-refractivity contribution < 1.29 is 29.7 Å². The van der Waals surface area contributed by atoms with Crippen molar-refractivity contribution >= 4 is 17.8 Å². The van der Waals surface area contributed by atoms with Crippen molar-refractivity contribution in [3.05, 3.63) is 35.9 Å². The van der Waals surface area contributed by atoms with Crippen molar-refractivity contribution in [3.8, 4) is 0 Å². The molecular formula is C18H26N2O6. The fraction of sp³-hybridized carbons (Fsp3) is 0.500. The number of nitrogens with zero attached hydrogens (tertiary/aromatic N) is 1. The van der Waals surface area contributed by atoms with E-state index in [1.165, 1.54) is 5.56 Å². The second-order valence-corrected chi connectivity index (χ2v) is 6.39. The minimum absolute atomic E-state index is 0.00199. The molecule has 1 amide bonds. The van der Waals surface area contributed by atoms with E-state index in [1.54, 1.807) is 19.0 Å². The van der Waals surface area contributed by atoms with Crippen LogP contribution in [0.25, 0.3) is 0 Å². The summed E-state index contributed by atoms with van der Waals surface area (Å²) in [5.41, 5.74) is 1.20. The highest BCUT2D eigenvalue weighted by atomic mass is 16.4. The molecule has 3 atom stereocenters. The van der Waals surface area contributed by atoms with Gasteiger partial charge >= 0.3 is 11.9 Å². The summed E-state index contributed by atoms with van der Waals surface area (Å²) in [6.45, 7) is 0.728. The SMILES string of the molecule is CN(C)C(=O)[C@H]1CC[C@@H](O)[C@H](NCc2ccccc2)C1.O=C(O)C(=O)O. The van der Waals surface area contributed by atoms with E-state index in [4.69, 9.17) is 19.8 Å². The fourth-order valence-corrected chi connectivity index (χ4v) is 2.81. The van der Waals surface area contributed by atoms with Crippen LogP contribution >= 0.6 is 0 Å². The summed E-state index contributed by atoms with van der Waals surface area (Å²) in [6.07, 6.45) is 1.83. The van der Waals surface area contributed by atoms with Gasteiger partial charge in [0.05, 0.1) is 6.10 Å². The summed E-state index contributed by atoms with van der Waals surface area (Å²) >= 11 is 0. The Kier molecular flexibility index (Phi) is 8.74. The van der Waals surface area contributed by atoms with Crippen LogP contribution in [0.1, 0.15) is 24.8 Å². The largest absolute Gasteiger partial charge is 0.473 e. The van der Waals surface area contributed by atoms with Crippen molar-refractivity contribution in [2.24, 2.45) is 5.92 Å². The van der Waals surface area contributed by atoms with Crippen LogP contribution < -0.4 is 5.32 Å². The summed E-state index contributed by atoms with van der Waals surface area (Å²) < 4.78 is 0. The molecule has 1 aromatic rings. The lowest BCUT2D eigenvalue weighted by molar-refractivity contribution is -0.159. The first-order valence-corrected chi connectivity index (χ1v) is 8.35. The number of hydrogen-bond acceptors (Lipinski definition) is 5. The zero-order valence-corrected chi connectivity index (χ0v) is 15.0. The topological polar surface area (TPSA) is 127 Å². The molecule has 0 aliphatic heterocycles. The van der Waals surface area contributed by atoms with E-state index < -0.39 is 11.9 Å². The molecule has 1 aliphatic carbocycles. The number of aliphatic carboxylic acids is 2. The molecule has 0 spiro atoms. The summed E-state index contributed by atoms with van der Waals surface area (Å²) in [5.74, 6) is -3.45. The van der Waals surface area contributed by atoms with E-state index in [-0.39, 0.29) is 24.0 Å². The minimum Gasteiger partial charge on any atom is -0.473 e. The Morgan fingerprint density at radius 3 is 2.15 bits per heavy atom. The molecule has 0 unspecified atom stereocenters. The average molecular weight is 366 g/mol. The maximum Gasteiger partial charge on any atom is 0.414 e. The molecule has 4 N–H and O–H groups in total. The lowest BCUT2D eigenvalue weighted by Crippen LogP contribution is -2.47. The smallest absolute Gasteiger partial charge is 0.414 e. The third kappa shape index (κ3) is 7.20. The van der Waals surface area contributed by atoms with Gasteiger partial charge in [-0.15, -0.1) is 0 Å². The Balaban J connectivity index is 0.000000487. The van der Waals surface area contributed by atoms with Crippen molar-refractivity contribution in [2.75, 3.05) is 14.1 Å². The van der Waals surface area contributed by atoms with Crippen LogP contribution in [0, 0.1) is 5.92 Å². The van der Waals surface area contributed by atoms with Crippen LogP contribution in [0.5, 0.6) is 0 Å². The Hall–Kier alpha value is -2.45. The summed E-state index contributed by atoms with van der Waals surface area (Å²) in [4.78, 5) is 31.9. The molecule has 0 saturated heterocycles. The average Bonchev–Trinajstić information content (AvgIpc) is 2.61. The predicted octanol–water partition coefficient (Wildman–Crippen LogP) is 0.550. The van der Waals surface area contributed by atoms with Gasteiger partial charge in [0, 0.05) is 32.6 Å². The van der Waals surface area contributed by atoms with E-state index in [2.05, 4.69) is 17.4 Å². The van der Waals surface area contributed by atoms with Gasteiger partial charge in [0.25, 0.3) is 0 Å². The summed E-state index contributed by atoms with van der Waals surface area (Å²) in [5, 5.41) is 28.3. The molecule has 0 bridgehead atoms. The molecule has 1 aliphatic rings. The molecule has 1 fully saturated rings. The van der Waals surface area contributed by atoms with Crippen molar-refractivity contribution in [2.45, 2.75) is 38.0 Å². The van der Waals surface area contributed by atoms with Crippen LogP contribution in [0.15, 0.2) is 30.3 Å². The number of carboxylic acid groups (broad SMARTS) is 2. The van der Waals surface area contributed by atoms with E-state index in [1.807, 2.05) is 18.2 Å². The molecule has 8 heteroatoms. The highest BCUT2D eigenvalue weighted by Crippen LogP contribution is 2.26. The van der Waals surface area contributed by atoms with E-state index >= 15 is 0 Å². The minimum atomic E-state index is -1.82. The molecule has 2 rings (SSSR count). The number of aliphatic hydroxyl groups excluding tert-OH is 1. The fourth-order valence-electron chi connectivity index (χ4n) is 2.81. The highest BCUT2D eigenvalue weighted by molar-refractivity contribution is 6.27. The number of aliphatic hydroxyl groups is 1. The number of rotatable bonds is 4. The number of nitrogens with one attached hydrogen (secondary N) is 1. The number of carbonyl (C=O) groups is 3. The summed E-state index contributed by atoms with van der Waals surface area (Å²) in [6, 6.07) is 10.1. The predicted molar refractivity (Wildman–Crippen MR) is 94.4 cm³/mol. The molecular weight excluding hydrogens is 340 g/mol. The molecule has 0 radical (unpaired) electrons. The molecule has 8 nitrogen and oxygen atoms in total. The third-order valence-corrected chi connectivity index (χ3v) is 4.20. The van der Waals surface area contributed by atoms with Gasteiger partial charge in [0.15, 0.2) is 0 Å². The van der Waals surface area contributed by atoms with Gasteiger partial charge in [-0.2, -0.15) is 0 Å². The van der Waals surface area contributed by atoms with Gasteiger partial charge in [0.1, 0.15) is 0 Å². The molecule has 1 aromatic carbocycles. The van der Waals surface area contributed by atoms with Gasteiger partial charge < -0.3 is 25.5 Å². The van der Waals surface area contributed by atoms with Gasteiger partial charge in [-0.1, -0.05) is 30.3 Å². The van der Waals surface area contributed by atoms with Gasteiger partial charge in [-0.3, -0.25) is 4.79 Å². The van der Waals surface area contributed by atoms with Crippen LogP contribution in [0.3, 0.4) is 0 Å². The number of carbonyl (C=O) groups excluding carboxylic acids is 1. The highest BCUT2D eigenvalue weighted by Gasteiger charge is 2.33. The first-order chi connectivity index (χ1) is 12.2. The maximum absolute atomic E-state index is 12.0. The van der Waals surface area contributed by atoms with Crippen LogP contribution in [-0.4, -0.2) is 64.3 Å². The Morgan fingerprint density at radius 2 is 1.65 bits per heavy atom. The van der Waals surface area contributed by atoms with E-state index in [0.29, 0.717) is 12.8 Å². The summed E-state index contributed by atoms with van der Waals surface area (Å²) in [7, 11) is 3.58. The number of amides is 1. The zero-order chi connectivity index (χ0) is 19.7. The quantitative estimate of drug-likeness (QED) is 0.573.